The lowest BCUT2D eigenvalue weighted by atomic mass is 9.97. The maximum atomic E-state index is 12.5. The molecule has 1 unspecified atom stereocenters. The molecule has 5 heteroatoms. The minimum atomic E-state index is -0.266. The molecule has 1 aromatic heterocycles. The number of ketones is 1. The number of Topliss-reactive ketones (excluding diaryl/α,β-unsaturated/α-hetero) is 1. The molecule has 0 radical (unpaired) electrons. The minimum absolute atomic E-state index is 0.0746. The van der Waals surface area contributed by atoms with Crippen LogP contribution in [0, 0.1) is 6.92 Å². The smallest absolute Gasteiger partial charge is 0.259 e. The second kappa shape index (κ2) is 6.03. The van der Waals surface area contributed by atoms with Gasteiger partial charge in [0.25, 0.3) is 5.91 Å². The zero-order valence-electron chi connectivity index (χ0n) is 11.9. The van der Waals surface area contributed by atoms with Crippen LogP contribution in [0.25, 0.3) is 0 Å². The molecule has 2 heterocycles. The van der Waals surface area contributed by atoms with E-state index in [0.29, 0.717) is 13.0 Å². The molecule has 0 aromatic carbocycles. The number of piperidine rings is 1. The maximum Gasteiger partial charge on any atom is 0.259 e. The van der Waals surface area contributed by atoms with Crippen LogP contribution >= 0.6 is 0 Å². The van der Waals surface area contributed by atoms with E-state index in [1.54, 1.807) is 11.8 Å². The highest BCUT2D eigenvalue weighted by Crippen LogP contribution is 2.21. The van der Waals surface area contributed by atoms with Crippen molar-refractivity contribution in [3.8, 4) is 0 Å². The van der Waals surface area contributed by atoms with E-state index in [0.717, 1.165) is 25.0 Å². The van der Waals surface area contributed by atoms with Crippen LogP contribution in [0.15, 0.2) is 17.1 Å². The number of carbonyl (C=O) groups is 2. The average molecular weight is 276 g/mol. The Morgan fingerprint density at radius 2 is 2.15 bits per heavy atom. The molecule has 20 heavy (non-hydrogen) atoms. The quantitative estimate of drug-likeness (QED) is 0.912. The van der Waals surface area contributed by atoms with Crippen LogP contribution in [-0.4, -0.2) is 34.2 Å². The Morgan fingerprint density at radius 3 is 2.80 bits per heavy atom. The third-order valence-corrected chi connectivity index (χ3v) is 3.70. The van der Waals surface area contributed by atoms with E-state index in [1.165, 1.54) is 19.2 Å². The molecule has 1 aromatic rings. The summed E-state index contributed by atoms with van der Waals surface area (Å²) in [5, 5.41) is 0. The van der Waals surface area contributed by atoms with Crippen molar-refractivity contribution in [3.63, 3.8) is 0 Å². The number of pyridine rings is 1. The molecule has 1 fully saturated rings. The van der Waals surface area contributed by atoms with Gasteiger partial charge in [0.2, 0.25) is 0 Å². The van der Waals surface area contributed by atoms with Crippen LogP contribution in [0.4, 0.5) is 0 Å². The van der Waals surface area contributed by atoms with Gasteiger partial charge in [0.05, 0.1) is 0 Å². The summed E-state index contributed by atoms with van der Waals surface area (Å²) in [5.74, 6) is -0.190. The van der Waals surface area contributed by atoms with Crippen molar-refractivity contribution >= 4 is 11.7 Å². The molecule has 5 nitrogen and oxygen atoms in total. The second-order valence-corrected chi connectivity index (χ2v) is 5.45. The lowest BCUT2D eigenvalue weighted by Crippen LogP contribution is -2.45. The fraction of sp³-hybridized carbons (Fsp3) is 0.533. The first-order valence-corrected chi connectivity index (χ1v) is 6.99. The lowest BCUT2D eigenvalue weighted by Gasteiger charge is -2.35. The van der Waals surface area contributed by atoms with E-state index in [4.69, 9.17) is 0 Å². The SMILES string of the molecule is CC(=O)CC1CCCCN1C(=O)c1c[nH]c(C)cc1=O. The molecule has 2 rings (SSSR count). The predicted molar refractivity (Wildman–Crippen MR) is 75.8 cm³/mol. The monoisotopic (exact) mass is 276 g/mol. The Balaban J connectivity index is 2.25. The van der Waals surface area contributed by atoms with Gasteiger partial charge in [0, 0.05) is 37.0 Å². The summed E-state index contributed by atoms with van der Waals surface area (Å²) in [4.78, 5) is 40.3. The van der Waals surface area contributed by atoms with Crippen molar-refractivity contribution < 1.29 is 9.59 Å². The van der Waals surface area contributed by atoms with E-state index in [9.17, 15) is 14.4 Å². The number of nitrogens with one attached hydrogen (secondary N) is 1. The number of carbonyl (C=O) groups excluding carboxylic acids is 2. The number of aromatic amines is 1. The number of hydrogen-bond acceptors (Lipinski definition) is 3. The van der Waals surface area contributed by atoms with Gasteiger partial charge in [-0.15, -0.1) is 0 Å². The molecular formula is C15H20N2O3. The lowest BCUT2D eigenvalue weighted by molar-refractivity contribution is -0.118. The fourth-order valence-electron chi connectivity index (χ4n) is 2.71. The van der Waals surface area contributed by atoms with Gasteiger partial charge in [-0.25, -0.2) is 0 Å². The normalized spacial score (nSPS) is 18.9. The van der Waals surface area contributed by atoms with E-state index < -0.39 is 0 Å². The van der Waals surface area contributed by atoms with Crippen LogP contribution in [0.1, 0.15) is 48.7 Å². The van der Waals surface area contributed by atoms with Gasteiger partial charge in [0.1, 0.15) is 11.3 Å². The summed E-state index contributed by atoms with van der Waals surface area (Å²) in [6.07, 6.45) is 4.61. The number of aryl methyl sites for hydroxylation is 1. The largest absolute Gasteiger partial charge is 0.364 e. The van der Waals surface area contributed by atoms with Crippen LogP contribution in [0.3, 0.4) is 0 Å². The van der Waals surface area contributed by atoms with E-state index >= 15 is 0 Å². The molecule has 1 aliphatic heterocycles. The van der Waals surface area contributed by atoms with E-state index in [2.05, 4.69) is 4.98 Å². The summed E-state index contributed by atoms with van der Waals surface area (Å²) < 4.78 is 0. The average Bonchev–Trinajstić information content (AvgIpc) is 2.38. The zero-order valence-corrected chi connectivity index (χ0v) is 11.9. The Morgan fingerprint density at radius 1 is 1.40 bits per heavy atom. The van der Waals surface area contributed by atoms with Crippen LogP contribution in [0.5, 0.6) is 0 Å². The molecule has 1 amide bonds. The Hall–Kier alpha value is -1.91. The summed E-state index contributed by atoms with van der Waals surface area (Å²) in [6, 6.07) is 1.35. The van der Waals surface area contributed by atoms with Gasteiger partial charge in [-0.2, -0.15) is 0 Å². The van der Waals surface area contributed by atoms with E-state index in [-0.39, 0.29) is 28.7 Å². The van der Waals surface area contributed by atoms with E-state index in [1.807, 2.05) is 0 Å². The number of nitrogens with zero attached hydrogens (tertiary/aromatic N) is 1. The molecule has 0 saturated carbocycles. The first-order chi connectivity index (χ1) is 9.49. The van der Waals surface area contributed by atoms with Crippen molar-refractivity contribution in [3.05, 3.63) is 33.7 Å². The Kier molecular flexibility index (Phi) is 4.37. The molecule has 0 bridgehead atoms. The number of aromatic nitrogens is 1. The van der Waals surface area contributed by atoms with Crippen LogP contribution in [-0.2, 0) is 4.79 Å². The number of rotatable bonds is 3. The predicted octanol–water partition coefficient (Wildman–Crippen LogP) is 1.66. The van der Waals surface area contributed by atoms with Gasteiger partial charge in [0.15, 0.2) is 5.43 Å². The molecule has 1 saturated heterocycles. The van der Waals surface area contributed by atoms with Gasteiger partial charge < -0.3 is 9.88 Å². The Labute approximate surface area is 118 Å². The summed E-state index contributed by atoms with van der Waals surface area (Å²) in [7, 11) is 0. The first-order valence-electron chi connectivity index (χ1n) is 6.99. The number of amides is 1. The zero-order chi connectivity index (χ0) is 14.7. The molecule has 108 valence electrons. The van der Waals surface area contributed by atoms with Gasteiger partial charge in [-0.3, -0.25) is 14.4 Å². The second-order valence-electron chi connectivity index (χ2n) is 5.45. The van der Waals surface area contributed by atoms with Gasteiger partial charge in [-0.05, 0) is 33.1 Å². The first kappa shape index (κ1) is 14.5. The fourth-order valence-corrected chi connectivity index (χ4v) is 2.71. The van der Waals surface area contributed by atoms with Crippen molar-refractivity contribution in [1.29, 1.82) is 0 Å². The number of hydrogen-bond donors (Lipinski definition) is 1. The summed E-state index contributed by atoms with van der Waals surface area (Å²) in [5.41, 5.74) is 0.620. The van der Waals surface area contributed by atoms with Crippen molar-refractivity contribution in [2.45, 2.75) is 45.6 Å². The molecule has 1 atom stereocenters. The highest BCUT2D eigenvalue weighted by Gasteiger charge is 2.29. The summed E-state index contributed by atoms with van der Waals surface area (Å²) in [6.45, 7) is 3.93. The highest BCUT2D eigenvalue weighted by atomic mass is 16.2. The molecular weight excluding hydrogens is 256 g/mol. The van der Waals surface area contributed by atoms with Crippen molar-refractivity contribution in [2.24, 2.45) is 0 Å². The molecule has 0 spiro atoms. The molecule has 0 aliphatic carbocycles. The maximum absolute atomic E-state index is 12.5. The number of H-pyrrole nitrogens is 1. The minimum Gasteiger partial charge on any atom is -0.364 e. The van der Waals surface area contributed by atoms with Crippen molar-refractivity contribution in [2.75, 3.05) is 6.54 Å². The van der Waals surface area contributed by atoms with Gasteiger partial charge >= 0.3 is 0 Å². The van der Waals surface area contributed by atoms with Gasteiger partial charge in [-0.1, -0.05) is 0 Å². The standard InChI is InChI=1S/C15H20N2O3/c1-10-7-14(19)13(9-16-10)15(20)17-6-4-3-5-12(17)8-11(2)18/h7,9,12H,3-6,8H2,1-2H3,(H,16,19). The topological polar surface area (TPSA) is 70.2 Å². The Bertz CT molecular complexity index is 577. The summed E-state index contributed by atoms with van der Waals surface area (Å²) >= 11 is 0. The van der Waals surface area contributed by atoms with Crippen LogP contribution in [0.2, 0.25) is 0 Å². The third-order valence-electron chi connectivity index (χ3n) is 3.70. The molecule has 1 N–H and O–H groups in total. The van der Waals surface area contributed by atoms with Crippen molar-refractivity contribution in [1.82, 2.24) is 9.88 Å². The molecule has 1 aliphatic rings. The van der Waals surface area contributed by atoms with Crippen LogP contribution < -0.4 is 5.43 Å². The highest BCUT2D eigenvalue weighted by molar-refractivity contribution is 5.94. The number of likely N-dealkylation sites (tertiary alicyclic amines) is 1. The third kappa shape index (κ3) is 3.15.